The number of hydrogen-bond donors (Lipinski definition) is 2. The van der Waals surface area contributed by atoms with Crippen LogP contribution in [0.5, 0.6) is 0 Å². The van der Waals surface area contributed by atoms with Crippen LogP contribution in [-0.2, 0) is 14.3 Å². The number of ether oxygens (including phenoxy) is 2. The summed E-state index contributed by atoms with van der Waals surface area (Å²) in [5.41, 5.74) is 0. The minimum atomic E-state index is -0.322. The molecule has 1 atom stereocenters. The molecule has 0 aliphatic heterocycles. The number of carbonyl (C=O) groups is 1. The number of methoxy groups -OCH3 is 1. The summed E-state index contributed by atoms with van der Waals surface area (Å²) in [6.45, 7) is 2.52. The van der Waals surface area contributed by atoms with Gasteiger partial charge in [0.15, 0.2) is 0 Å². The fourth-order valence-corrected chi connectivity index (χ4v) is 0.817. The van der Waals surface area contributed by atoms with Crippen LogP contribution < -0.4 is 5.32 Å². The van der Waals surface area contributed by atoms with Gasteiger partial charge in [-0.2, -0.15) is 0 Å². The highest BCUT2D eigenvalue weighted by atomic mass is 16.5. The summed E-state index contributed by atoms with van der Waals surface area (Å²) in [5.74, 6) is -0.322. The van der Waals surface area contributed by atoms with Crippen molar-refractivity contribution in [2.45, 2.75) is 13.0 Å². The highest BCUT2D eigenvalue weighted by Crippen LogP contribution is 1.83. The number of aliphatic hydroxyl groups excluding tert-OH is 1. The molecule has 0 heterocycles. The minimum Gasteiger partial charge on any atom is -0.465 e. The second-order valence-corrected chi connectivity index (χ2v) is 2.52. The van der Waals surface area contributed by atoms with E-state index in [1.54, 1.807) is 6.92 Å². The third kappa shape index (κ3) is 6.51. The van der Waals surface area contributed by atoms with Crippen molar-refractivity contribution >= 4 is 5.97 Å². The van der Waals surface area contributed by atoms with Crippen LogP contribution in [0.1, 0.15) is 6.92 Å². The van der Waals surface area contributed by atoms with E-state index in [1.807, 2.05) is 0 Å². The Hall–Kier alpha value is -0.650. The van der Waals surface area contributed by atoms with E-state index >= 15 is 0 Å². The third-order valence-electron chi connectivity index (χ3n) is 1.43. The number of carbonyl (C=O) groups excluding carboxylic acids is 1. The molecule has 0 rings (SSSR count). The van der Waals surface area contributed by atoms with E-state index in [0.717, 1.165) is 0 Å². The van der Waals surface area contributed by atoms with Crippen molar-refractivity contribution in [3.8, 4) is 0 Å². The molecule has 0 aliphatic rings. The van der Waals surface area contributed by atoms with Gasteiger partial charge in [0.05, 0.1) is 32.4 Å². The lowest BCUT2D eigenvalue weighted by Gasteiger charge is -2.13. The van der Waals surface area contributed by atoms with Gasteiger partial charge in [-0.05, 0) is 6.92 Å². The van der Waals surface area contributed by atoms with Crippen molar-refractivity contribution in [3.05, 3.63) is 0 Å². The van der Waals surface area contributed by atoms with E-state index in [4.69, 9.17) is 14.6 Å². The SMILES string of the molecule is CCOC(=O)CNC(CO)COC. The first-order valence-electron chi connectivity index (χ1n) is 4.23. The predicted octanol–water partition coefficient (Wildman–Crippen LogP) is -0.854. The summed E-state index contributed by atoms with van der Waals surface area (Å²) >= 11 is 0. The Morgan fingerprint density at radius 2 is 2.31 bits per heavy atom. The van der Waals surface area contributed by atoms with Crippen LogP contribution in [0.4, 0.5) is 0 Å². The molecule has 0 aromatic carbocycles. The van der Waals surface area contributed by atoms with Crippen molar-refractivity contribution < 1.29 is 19.4 Å². The van der Waals surface area contributed by atoms with Gasteiger partial charge in [-0.1, -0.05) is 0 Å². The van der Waals surface area contributed by atoms with Crippen LogP contribution in [0.15, 0.2) is 0 Å². The summed E-state index contributed by atoms with van der Waals surface area (Å²) in [6, 6.07) is -0.214. The van der Waals surface area contributed by atoms with E-state index < -0.39 is 0 Å². The smallest absolute Gasteiger partial charge is 0.319 e. The van der Waals surface area contributed by atoms with Crippen LogP contribution in [0.2, 0.25) is 0 Å². The molecule has 78 valence electrons. The highest BCUT2D eigenvalue weighted by molar-refractivity contribution is 5.71. The Morgan fingerprint density at radius 1 is 1.62 bits per heavy atom. The number of aliphatic hydroxyl groups is 1. The molecular weight excluding hydrogens is 174 g/mol. The molecule has 0 bridgehead atoms. The van der Waals surface area contributed by atoms with Gasteiger partial charge in [-0.25, -0.2) is 0 Å². The van der Waals surface area contributed by atoms with Gasteiger partial charge in [-0.15, -0.1) is 0 Å². The Labute approximate surface area is 78.0 Å². The third-order valence-corrected chi connectivity index (χ3v) is 1.43. The number of esters is 1. The molecule has 13 heavy (non-hydrogen) atoms. The molecule has 0 aliphatic carbocycles. The first-order chi connectivity index (χ1) is 6.24. The van der Waals surface area contributed by atoms with Crippen molar-refractivity contribution in [2.75, 3.05) is 33.5 Å². The first kappa shape index (κ1) is 12.3. The van der Waals surface area contributed by atoms with Crippen LogP contribution in [0.3, 0.4) is 0 Å². The fourth-order valence-electron chi connectivity index (χ4n) is 0.817. The van der Waals surface area contributed by atoms with Crippen molar-refractivity contribution in [2.24, 2.45) is 0 Å². The zero-order chi connectivity index (χ0) is 10.1. The molecule has 0 aromatic rings. The zero-order valence-electron chi connectivity index (χ0n) is 8.08. The van der Waals surface area contributed by atoms with Crippen molar-refractivity contribution in [3.63, 3.8) is 0 Å². The molecule has 0 aromatic heterocycles. The Balaban J connectivity index is 3.52. The average Bonchev–Trinajstić information content (AvgIpc) is 2.12. The van der Waals surface area contributed by atoms with E-state index in [9.17, 15) is 4.79 Å². The lowest BCUT2D eigenvalue weighted by atomic mass is 10.3. The Bertz CT molecular complexity index is 140. The van der Waals surface area contributed by atoms with Crippen molar-refractivity contribution in [1.82, 2.24) is 5.32 Å². The summed E-state index contributed by atoms with van der Waals surface area (Å²) in [5, 5.41) is 11.6. The monoisotopic (exact) mass is 191 g/mol. The maximum absolute atomic E-state index is 10.9. The number of hydrogen-bond acceptors (Lipinski definition) is 5. The van der Waals surface area contributed by atoms with Gasteiger partial charge in [0.2, 0.25) is 0 Å². The molecular formula is C8H17NO4. The van der Waals surface area contributed by atoms with Crippen LogP contribution in [0, 0.1) is 0 Å². The molecule has 0 spiro atoms. The quantitative estimate of drug-likeness (QED) is 0.513. The molecule has 0 saturated carbocycles. The molecule has 0 amide bonds. The zero-order valence-corrected chi connectivity index (χ0v) is 8.08. The summed E-state index contributed by atoms with van der Waals surface area (Å²) in [6.07, 6.45) is 0. The van der Waals surface area contributed by atoms with E-state index in [0.29, 0.717) is 13.2 Å². The van der Waals surface area contributed by atoms with Gasteiger partial charge in [0.1, 0.15) is 0 Å². The second-order valence-electron chi connectivity index (χ2n) is 2.52. The van der Waals surface area contributed by atoms with Gasteiger partial charge in [-0.3, -0.25) is 10.1 Å². The van der Waals surface area contributed by atoms with E-state index in [1.165, 1.54) is 7.11 Å². The van der Waals surface area contributed by atoms with Crippen LogP contribution >= 0.6 is 0 Å². The van der Waals surface area contributed by atoms with Crippen LogP contribution in [0.25, 0.3) is 0 Å². The molecule has 5 nitrogen and oxygen atoms in total. The average molecular weight is 191 g/mol. The van der Waals surface area contributed by atoms with Gasteiger partial charge < -0.3 is 14.6 Å². The molecule has 0 fully saturated rings. The topological polar surface area (TPSA) is 67.8 Å². The number of rotatable bonds is 7. The van der Waals surface area contributed by atoms with Crippen molar-refractivity contribution in [1.29, 1.82) is 0 Å². The molecule has 0 radical (unpaired) electrons. The normalized spacial score (nSPS) is 12.5. The summed E-state index contributed by atoms with van der Waals surface area (Å²) in [4.78, 5) is 10.9. The molecule has 2 N–H and O–H groups in total. The maximum Gasteiger partial charge on any atom is 0.319 e. The highest BCUT2D eigenvalue weighted by Gasteiger charge is 2.08. The second kappa shape index (κ2) is 7.97. The molecule has 0 saturated heterocycles. The first-order valence-corrected chi connectivity index (χ1v) is 4.23. The standard InChI is InChI=1S/C8H17NO4/c1-3-13-8(11)4-9-7(5-10)6-12-2/h7,9-10H,3-6H2,1-2H3. The lowest BCUT2D eigenvalue weighted by Crippen LogP contribution is -2.40. The minimum absolute atomic E-state index is 0.0623. The lowest BCUT2D eigenvalue weighted by molar-refractivity contribution is -0.142. The fraction of sp³-hybridized carbons (Fsp3) is 0.875. The molecule has 5 heteroatoms. The van der Waals surface area contributed by atoms with Gasteiger partial charge >= 0.3 is 5.97 Å². The Morgan fingerprint density at radius 3 is 2.77 bits per heavy atom. The predicted molar refractivity (Wildman–Crippen MR) is 47.4 cm³/mol. The van der Waals surface area contributed by atoms with Gasteiger partial charge in [0, 0.05) is 7.11 Å². The largest absolute Gasteiger partial charge is 0.465 e. The molecule has 1 unspecified atom stereocenters. The van der Waals surface area contributed by atoms with E-state index in [2.05, 4.69) is 5.32 Å². The summed E-state index contributed by atoms with van der Waals surface area (Å²) < 4.78 is 9.50. The number of nitrogens with one attached hydrogen (secondary N) is 1. The maximum atomic E-state index is 10.9. The summed E-state index contributed by atoms with van der Waals surface area (Å²) in [7, 11) is 1.54. The van der Waals surface area contributed by atoms with Crippen LogP contribution in [-0.4, -0.2) is 50.6 Å². The van der Waals surface area contributed by atoms with Gasteiger partial charge in [0.25, 0.3) is 0 Å². The van der Waals surface area contributed by atoms with E-state index in [-0.39, 0.29) is 25.2 Å². The Kier molecular flexibility index (Phi) is 7.57.